The Bertz CT molecular complexity index is 442. The summed E-state index contributed by atoms with van der Waals surface area (Å²) in [7, 11) is -3.83. The fourth-order valence-electron chi connectivity index (χ4n) is 0.998. The third-order valence-corrected chi connectivity index (χ3v) is 3.14. The van der Waals surface area contributed by atoms with Gasteiger partial charge in [0.05, 0.1) is 11.1 Å². The zero-order valence-corrected chi connectivity index (χ0v) is 9.01. The van der Waals surface area contributed by atoms with Gasteiger partial charge in [-0.15, -0.1) is 0 Å². The van der Waals surface area contributed by atoms with Gasteiger partial charge in [-0.2, -0.15) is 0 Å². The summed E-state index contributed by atoms with van der Waals surface area (Å²) in [5.41, 5.74) is 0.457. The topological polar surface area (TPSA) is 80.4 Å². The Morgan fingerprint density at radius 2 is 2.07 bits per heavy atom. The molecule has 14 heavy (non-hydrogen) atoms. The summed E-state index contributed by atoms with van der Waals surface area (Å²) >= 11 is 5.64. The molecule has 0 aliphatic rings. The third-order valence-electron chi connectivity index (χ3n) is 1.74. The summed E-state index contributed by atoms with van der Waals surface area (Å²) in [6.07, 6.45) is -0.757. The van der Waals surface area contributed by atoms with Gasteiger partial charge in [0.15, 0.2) is 0 Å². The van der Waals surface area contributed by atoms with Gasteiger partial charge in [0.2, 0.25) is 10.0 Å². The van der Waals surface area contributed by atoms with Crippen molar-refractivity contribution in [3.8, 4) is 0 Å². The number of hydrogen-bond donors (Lipinski definition) is 2. The first-order chi connectivity index (χ1) is 6.32. The van der Waals surface area contributed by atoms with E-state index in [1.165, 1.54) is 19.1 Å². The highest BCUT2D eigenvalue weighted by atomic mass is 35.5. The Kier molecular flexibility index (Phi) is 3.16. The first-order valence-corrected chi connectivity index (χ1v) is 5.75. The molecule has 78 valence electrons. The fourth-order valence-corrected chi connectivity index (χ4v) is 2.08. The molecule has 3 N–H and O–H groups in total. The van der Waals surface area contributed by atoms with Gasteiger partial charge in [-0.25, -0.2) is 13.6 Å². The normalized spacial score (nSPS) is 14.0. The van der Waals surface area contributed by atoms with E-state index in [-0.39, 0.29) is 9.92 Å². The largest absolute Gasteiger partial charge is 0.389 e. The van der Waals surface area contributed by atoms with Crippen LogP contribution in [0.1, 0.15) is 18.6 Å². The van der Waals surface area contributed by atoms with E-state index in [2.05, 4.69) is 0 Å². The van der Waals surface area contributed by atoms with E-state index in [1.807, 2.05) is 0 Å². The molecule has 0 radical (unpaired) electrons. The predicted molar refractivity (Wildman–Crippen MR) is 53.5 cm³/mol. The Morgan fingerprint density at radius 1 is 1.50 bits per heavy atom. The number of primary sulfonamides is 1. The highest BCUT2D eigenvalue weighted by Gasteiger charge is 2.14. The molecule has 4 nitrogen and oxygen atoms in total. The average molecular weight is 236 g/mol. The van der Waals surface area contributed by atoms with E-state index < -0.39 is 16.1 Å². The molecule has 1 aromatic carbocycles. The van der Waals surface area contributed by atoms with Crippen LogP contribution in [0.4, 0.5) is 0 Å². The Labute approximate surface area is 87.4 Å². The first kappa shape index (κ1) is 11.5. The molecule has 0 saturated heterocycles. The maximum Gasteiger partial charge on any atom is 0.239 e. The molecule has 0 saturated carbocycles. The van der Waals surface area contributed by atoms with Crippen molar-refractivity contribution in [2.75, 3.05) is 0 Å². The molecule has 6 heteroatoms. The van der Waals surface area contributed by atoms with Crippen LogP contribution >= 0.6 is 11.6 Å². The zero-order valence-electron chi connectivity index (χ0n) is 7.44. The lowest BCUT2D eigenvalue weighted by Crippen LogP contribution is -2.13. The van der Waals surface area contributed by atoms with Gasteiger partial charge in [-0.05, 0) is 24.6 Å². The third kappa shape index (κ3) is 2.45. The minimum absolute atomic E-state index is 0.0527. The van der Waals surface area contributed by atoms with Crippen LogP contribution in [0.2, 0.25) is 5.02 Å². The summed E-state index contributed by atoms with van der Waals surface area (Å²) in [4.78, 5) is -0.169. The van der Waals surface area contributed by atoms with Crippen molar-refractivity contribution in [2.45, 2.75) is 17.9 Å². The molecule has 0 aromatic heterocycles. The van der Waals surface area contributed by atoms with E-state index in [9.17, 15) is 13.5 Å². The van der Waals surface area contributed by atoms with Crippen molar-refractivity contribution >= 4 is 21.6 Å². The van der Waals surface area contributed by atoms with Crippen LogP contribution in [-0.4, -0.2) is 13.5 Å². The maximum atomic E-state index is 11.0. The van der Waals surface area contributed by atoms with E-state index in [0.717, 1.165) is 0 Å². The van der Waals surface area contributed by atoms with Gasteiger partial charge in [0.25, 0.3) is 0 Å². The van der Waals surface area contributed by atoms with Crippen LogP contribution in [0.5, 0.6) is 0 Å². The van der Waals surface area contributed by atoms with Gasteiger partial charge in [0.1, 0.15) is 4.90 Å². The molecule has 1 rings (SSSR count). The molecule has 0 spiro atoms. The molecule has 1 atom stereocenters. The SMILES string of the molecule is C[C@@H](O)c1ccc(Cl)c(S(N)(=O)=O)c1. The van der Waals surface area contributed by atoms with Gasteiger partial charge in [-0.1, -0.05) is 17.7 Å². The van der Waals surface area contributed by atoms with E-state index in [0.29, 0.717) is 5.56 Å². The Morgan fingerprint density at radius 3 is 2.50 bits per heavy atom. The molecular weight excluding hydrogens is 226 g/mol. The highest BCUT2D eigenvalue weighted by molar-refractivity contribution is 7.89. The number of benzene rings is 1. The van der Waals surface area contributed by atoms with Crippen molar-refractivity contribution in [3.63, 3.8) is 0 Å². The van der Waals surface area contributed by atoms with Crippen molar-refractivity contribution in [3.05, 3.63) is 28.8 Å². The number of halogens is 1. The number of hydrogen-bond acceptors (Lipinski definition) is 3. The first-order valence-electron chi connectivity index (χ1n) is 3.82. The summed E-state index contributed by atoms with van der Waals surface area (Å²) < 4.78 is 22.1. The second-order valence-electron chi connectivity index (χ2n) is 2.91. The van der Waals surface area contributed by atoms with Crippen molar-refractivity contribution in [1.29, 1.82) is 0 Å². The van der Waals surface area contributed by atoms with Gasteiger partial charge in [-0.3, -0.25) is 0 Å². The molecule has 1 aromatic rings. The van der Waals surface area contributed by atoms with Gasteiger partial charge < -0.3 is 5.11 Å². The standard InChI is InChI=1S/C8H10ClNO3S/c1-5(11)6-2-3-7(9)8(4-6)14(10,12)13/h2-5,11H,1H3,(H2,10,12,13)/t5-/m1/s1. The lowest BCUT2D eigenvalue weighted by Gasteiger charge is -2.07. The zero-order chi connectivity index (χ0) is 10.9. The maximum absolute atomic E-state index is 11.0. The smallest absolute Gasteiger partial charge is 0.239 e. The second-order valence-corrected chi connectivity index (χ2v) is 4.85. The van der Waals surface area contributed by atoms with Crippen molar-refractivity contribution in [2.24, 2.45) is 5.14 Å². The molecule has 0 bridgehead atoms. The average Bonchev–Trinajstić information content (AvgIpc) is 2.02. The monoisotopic (exact) mass is 235 g/mol. The minimum Gasteiger partial charge on any atom is -0.389 e. The van der Waals surface area contributed by atoms with Crippen molar-refractivity contribution < 1.29 is 13.5 Å². The predicted octanol–water partition coefficient (Wildman–Crippen LogP) is 1.04. The van der Waals surface area contributed by atoms with Gasteiger partial charge >= 0.3 is 0 Å². The van der Waals surface area contributed by atoms with Crippen LogP contribution in [0.15, 0.2) is 23.1 Å². The summed E-state index contributed by atoms with van der Waals surface area (Å²) in [6, 6.07) is 4.20. The van der Waals surface area contributed by atoms with Crippen LogP contribution in [-0.2, 0) is 10.0 Å². The molecular formula is C8H10ClNO3S. The van der Waals surface area contributed by atoms with Crippen LogP contribution in [0.25, 0.3) is 0 Å². The van der Waals surface area contributed by atoms with Crippen LogP contribution in [0, 0.1) is 0 Å². The summed E-state index contributed by atoms with van der Waals surface area (Å²) in [5, 5.41) is 14.2. The minimum atomic E-state index is -3.83. The van der Waals surface area contributed by atoms with Crippen molar-refractivity contribution in [1.82, 2.24) is 0 Å². The van der Waals surface area contributed by atoms with Gasteiger partial charge in [0, 0.05) is 0 Å². The highest BCUT2D eigenvalue weighted by Crippen LogP contribution is 2.24. The molecule has 0 aliphatic heterocycles. The molecule has 0 amide bonds. The number of aliphatic hydroxyl groups excluding tert-OH is 1. The van der Waals surface area contributed by atoms with E-state index in [4.69, 9.17) is 16.7 Å². The molecule has 0 fully saturated rings. The molecule has 0 heterocycles. The summed E-state index contributed by atoms with van der Waals surface area (Å²) in [6.45, 7) is 1.52. The lowest BCUT2D eigenvalue weighted by molar-refractivity contribution is 0.199. The summed E-state index contributed by atoms with van der Waals surface area (Å²) in [5.74, 6) is 0. The fraction of sp³-hybridized carbons (Fsp3) is 0.250. The number of nitrogens with two attached hydrogens (primary N) is 1. The Hall–Kier alpha value is -0.620. The lowest BCUT2D eigenvalue weighted by atomic mass is 10.1. The molecule has 0 aliphatic carbocycles. The van der Waals surface area contributed by atoms with E-state index >= 15 is 0 Å². The Balaban J connectivity index is 3.37. The number of sulfonamides is 1. The second kappa shape index (κ2) is 3.86. The quantitative estimate of drug-likeness (QED) is 0.804. The number of rotatable bonds is 2. The van der Waals surface area contributed by atoms with E-state index in [1.54, 1.807) is 6.07 Å². The van der Waals surface area contributed by atoms with Crippen LogP contribution < -0.4 is 5.14 Å². The van der Waals surface area contributed by atoms with Crippen LogP contribution in [0.3, 0.4) is 0 Å². The number of aliphatic hydroxyl groups is 1. The molecule has 0 unspecified atom stereocenters.